The van der Waals surface area contributed by atoms with E-state index in [0.717, 1.165) is 5.56 Å². The summed E-state index contributed by atoms with van der Waals surface area (Å²) in [6.07, 6.45) is -0.339. The Balaban J connectivity index is 1.88. The van der Waals surface area contributed by atoms with E-state index < -0.39 is 0 Å². The van der Waals surface area contributed by atoms with Gasteiger partial charge in [0.1, 0.15) is 6.61 Å². The molecular weight excluding hydrogens is 277 g/mol. The van der Waals surface area contributed by atoms with E-state index >= 15 is 0 Å². The SMILES string of the molecule is O=C(OCc1cc(Cl)cc(Cl)c1)N1CCOCC1. The van der Waals surface area contributed by atoms with Gasteiger partial charge in [-0.2, -0.15) is 0 Å². The molecule has 0 bridgehead atoms. The van der Waals surface area contributed by atoms with Crippen molar-refractivity contribution in [2.24, 2.45) is 0 Å². The highest BCUT2D eigenvalue weighted by atomic mass is 35.5. The molecule has 18 heavy (non-hydrogen) atoms. The van der Waals surface area contributed by atoms with Crippen LogP contribution in [0.5, 0.6) is 0 Å². The van der Waals surface area contributed by atoms with Crippen molar-refractivity contribution in [2.75, 3.05) is 26.3 Å². The zero-order valence-electron chi connectivity index (χ0n) is 9.70. The Kier molecular flexibility index (Phi) is 4.69. The normalized spacial score (nSPS) is 15.6. The molecule has 4 nitrogen and oxygen atoms in total. The number of hydrogen-bond acceptors (Lipinski definition) is 3. The molecule has 0 spiro atoms. The summed E-state index contributed by atoms with van der Waals surface area (Å²) >= 11 is 11.7. The summed E-state index contributed by atoms with van der Waals surface area (Å²) in [5.41, 5.74) is 0.772. The molecule has 1 aromatic rings. The average Bonchev–Trinajstić information content (AvgIpc) is 2.36. The Morgan fingerprint density at radius 1 is 1.22 bits per heavy atom. The predicted molar refractivity (Wildman–Crippen MR) is 69.0 cm³/mol. The minimum Gasteiger partial charge on any atom is -0.445 e. The first kappa shape index (κ1) is 13.5. The summed E-state index contributed by atoms with van der Waals surface area (Å²) in [5, 5.41) is 1.06. The molecule has 1 amide bonds. The molecule has 0 aromatic heterocycles. The first-order valence-corrected chi connectivity index (χ1v) is 6.35. The van der Waals surface area contributed by atoms with Crippen molar-refractivity contribution in [1.82, 2.24) is 4.90 Å². The van der Waals surface area contributed by atoms with Crippen LogP contribution < -0.4 is 0 Å². The van der Waals surface area contributed by atoms with Crippen molar-refractivity contribution in [3.63, 3.8) is 0 Å². The first-order chi connectivity index (χ1) is 8.65. The highest BCUT2D eigenvalue weighted by Crippen LogP contribution is 2.19. The van der Waals surface area contributed by atoms with Gasteiger partial charge >= 0.3 is 6.09 Å². The largest absolute Gasteiger partial charge is 0.445 e. The zero-order chi connectivity index (χ0) is 13.0. The maximum absolute atomic E-state index is 11.7. The number of amides is 1. The highest BCUT2D eigenvalue weighted by molar-refractivity contribution is 6.34. The van der Waals surface area contributed by atoms with Gasteiger partial charge in [0.25, 0.3) is 0 Å². The Hall–Kier alpha value is -0.970. The van der Waals surface area contributed by atoms with E-state index in [0.29, 0.717) is 36.3 Å². The van der Waals surface area contributed by atoms with Crippen LogP contribution in [0, 0.1) is 0 Å². The molecule has 0 atom stereocenters. The Bertz CT molecular complexity index is 413. The molecule has 98 valence electrons. The van der Waals surface area contributed by atoms with Gasteiger partial charge in [-0.1, -0.05) is 23.2 Å². The number of halogens is 2. The molecule has 2 rings (SSSR count). The molecule has 0 aliphatic carbocycles. The number of morpholine rings is 1. The molecule has 0 unspecified atom stereocenters. The molecule has 0 N–H and O–H groups in total. The summed E-state index contributed by atoms with van der Waals surface area (Å²) in [6.45, 7) is 2.40. The summed E-state index contributed by atoms with van der Waals surface area (Å²) in [4.78, 5) is 13.3. The molecule has 1 heterocycles. The molecule has 1 aliphatic rings. The van der Waals surface area contributed by atoms with Gasteiger partial charge in [-0.25, -0.2) is 4.79 Å². The monoisotopic (exact) mass is 289 g/mol. The molecule has 1 fully saturated rings. The minimum absolute atomic E-state index is 0.163. The van der Waals surface area contributed by atoms with Crippen LogP contribution >= 0.6 is 23.2 Å². The summed E-state index contributed by atoms with van der Waals surface area (Å²) in [6, 6.07) is 5.08. The lowest BCUT2D eigenvalue weighted by Crippen LogP contribution is -2.40. The van der Waals surface area contributed by atoms with E-state index in [1.807, 2.05) is 0 Å². The van der Waals surface area contributed by atoms with Gasteiger partial charge in [-0.15, -0.1) is 0 Å². The number of rotatable bonds is 2. The van der Waals surface area contributed by atoms with Gasteiger partial charge < -0.3 is 14.4 Å². The number of benzene rings is 1. The number of nitrogens with zero attached hydrogens (tertiary/aromatic N) is 1. The van der Waals surface area contributed by atoms with Crippen molar-refractivity contribution in [3.05, 3.63) is 33.8 Å². The fraction of sp³-hybridized carbons (Fsp3) is 0.417. The van der Waals surface area contributed by atoms with Crippen LogP contribution in [0.3, 0.4) is 0 Å². The van der Waals surface area contributed by atoms with Crippen molar-refractivity contribution in [2.45, 2.75) is 6.61 Å². The van der Waals surface area contributed by atoms with Crippen LogP contribution in [0.1, 0.15) is 5.56 Å². The highest BCUT2D eigenvalue weighted by Gasteiger charge is 2.17. The van der Waals surface area contributed by atoms with Gasteiger partial charge in [0.15, 0.2) is 0 Å². The Morgan fingerprint density at radius 2 is 1.83 bits per heavy atom. The van der Waals surface area contributed by atoms with E-state index in [4.69, 9.17) is 32.7 Å². The molecule has 0 saturated carbocycles. The molecule has 1 aliphatic heterocycles. The fourth-order valence-corrected chi connectivity index (χ4v) is 2.25. The van der Waals surface area contributed by atoms with Gasteiger partial charge in [0.2, 0.25) is 0 Å². The third-order valence-electron chi connectivity index (χ3n) is 2.55. The Labute approximate surface area is 115 Å². The second kappa shape index (κ2) is 6.27. The zero-order valence-corrected chi connectivity index (χ0v) is 11.2. The second-order valence-electron chi connectivity index (χ2n) is 3.93. The molecular formula is C12H13Cl2NO3. The van der Waals surface area contributed by atoms with Crippen molar-refractivity contribution in [3.8, 4) is 0 Å². The van der Waals surface area contributed by atoms with Gasteiger partial charge in [-0.05, 0) is 23.8 Å². The topological polar surface area (TPSA) is 38.8 Å². The van der Waals surface area contributed by atoms with Gasteiger partial charge in [0, 0.05) is 23.1 Å². The van der Waals surface area contributed by atoms with E-state index in [1.54, 1.807) is 23.1 Å². The van der Waals surface area contributed by atoms with E-state index in [2.05, 4.69) is 0 Å². The van der Waals surface area contributed by atoms with E-state index in [9.17, 15) is 4.79 Å². The third-order valence-corrected chi connectivity index (χ3v) is 2.99. The standard InChI is InChI=1S/C12H13Cl2NO3/c13-10-5-9(6-11(14)7-10)8-18-12(16)15-1-3-17-4-2-15/h5-7H,1-4,8H2. The van der Waals surface area contributed by atoms with Crippen LogP contribution in [-0.4, -0.2) is 37.3 Å². The number of carbonyl (C=O) groups is 1. The van der Waals surface area contributed by atoms with Crippen molar-refractivity contribution < 1.29 is 14.3 Å². The number of hydrogen-bond donors (Lipinski definition) is 0. The van der Waals surface area contributed by atoms with Crippen LogP contribution in [0.15, 0.2) is 18.2 Å². The van der Waals surface area contributed by atoms with Crippen LogP contribution in [0.25, 0.3) is 0 Å². The number of carbonyl (C=O) groups excluding carboxylic acids is 1. The van der Waals surface area contributed by atoms with Gasteiger partial charge in [0.05, 0.1) is 13.2 Å². The van der Waals surface area contributed by atoms with Crippen LogP contribution in [0.2, 0.25) is 10.0 Å². The quantitative estimate of drug-likeness (QED) is 0.840. The van der Waals surface area contributed by atoms with Crippen molar-refractivity contribution in [1.29, 1.82) is 0 Å². The fourth-order valence-electron chi connectivity index (χ4n) is 1.68. The lowest BCUT2D eigenvalue weighted by Gasteiger charge is -2.25. The lowest BCUT2D eigenvalue weighted by atomic mass is 10.2. The summed E-state index contributed by atoms with van der Waals surface area (Å²) in [7, 11) is 0. The smallest absolute Gasteiger partial charge is 0.410 e. The molecule has 1 saturated heterocycles. The minimum atomic E-state index is -0.339. The predicted octanol–water partition coefficient (Wildman–Crippen LogP) is 2.96. The van der Waals surface area contributed by atoms with Gasteiger partial charge in [-0.3, -0.25) is 0 Å². The summed E-state index contributed by atoms with van der Waals surface area (Å²) in [5.74, 6) is 0. The lowest BCUT2D eigenvalue weighted by molar-refractivity contribution is 0.0249. The maximum atomic E-state index is 11.7. The molecule has 0 radical (unpaired) electrons. The Morgan fingerprint density at radius 3 is 2.44 bits per heavy atom. The van der Waals surface area contributed by atoms with Crippen molar-refractivity contribution >= 4 is 29.3 Å². The van der Waals surface area contributed by atoms with E-state index in [-0.39, 0.29) is 12.7 Å². The average molecular weight is 290 g/mol. The number of ether oxygens (including phenoxy) is 2. The second-order valence-corrected chi connectivity index (χ2v) is 4.80. The molecule has 6 heteroatoms. The summed E-state index contributed by atoms with van der Waals surface area (Å²) < 4.78 is 10.4. The van der Waals surface area contributed by atoms with Crippen LogP contribution in [-0.2, 0) is 16.1 Å². The van der Waals surface area contributed by atoms with Crippen LogP contribution in [0.4, 0.5) is 4.79 Å². The third kappa shape index (κ3) is 3.77. The first-order valence-electron chi connectivity index (χ1n) is 5.59. The van der Waals surface area contributed by atoms with E-state index in [1.165, 1.54) is 0 Å². The maximum Gasteiger partial charge on any atom is 0.410 e. The molecule has 1 aromatic carbocycles.